The molecule has 1 rings (SSSR count). The highest BCUT2D eigenvalue weighted by Crippen LogP contribution is 2.35. The van der Waals surface area contributed by atoms with Crippen molar-refractivity contribution in [2.45, 2.75) is 39.5 Å². The Labute approximate surface area is 143 Å². The molecule has 0 aromatic carbocycles. The Hall–Kier alpha value is -2.30. The van der Waals surface area contributed by atoms with E-state index in [4.69, 9.17) is 0 Å². The van der Waals surface area contributed by atoms with Crippen LogP contribution in [0.3, 0.4) is 0 Å². The lowest BCUT2D eigenvalue weighted by Gasteiger charge is -2.14. The van der Waals surface area contributed by atoms with Gasteiger partial charge in [0, 0.05) is 42.4 Å². The lowest BCUT2D eigenvalue weighted by Crippen LogP contribution is -2.02. The molecule has 2 atom stereocenters. The van der Waals surface area contributed by atoms with Crippen LogP contribution >= 0.6 is 0 Å². The summed E-state index contributed by atoms with van der Waals surface area (Å²) < 4.78 is 11.4. The minimum absolute atomic E-state index is 0.0491. The molecule has 0 aliphatic rings. The van der Waals surface area contributed by atoms with Crippen LogP contribution < -0.4 is 0 Å². The summed E-state index contributed by atoms with van der Waals surface area (Å²) in [6.07, 6.45) is 6.58. The van der Waals surface area contributed by atoms with Crippen molar-refractivity contribution >= 4 is 11.9 Å². The number of aromatic nitrogens is 1. The monoisotopic (exact) mass is 333 g/mol. The number of hydrogen-bond donors (Lipinski definition) is 0. The maximum absolute atomic E-state index is 11.4. The van der Waals surface area contributed by atoms with Crippen molar-refractivity contribution < 1.29 is 19.1 Å². The fourth-order valence-corrected chi connectivity index (χ4v) is 2.93. The van der Waals surface area contributed by atoms with E-state index in [1.807, 2.05) is 33.0 Å². The van der Waals surface area contributed by atoms with Crippen molar-refractivity contribution in [2.75, 3.05) is 14.2 Å². The SMILES string of the molecule is COC(=O)/C=C\C(C)c1c(C(C)/C=C\C(=O)OC)c(C)n(C)c1C. The van der Waals surface area contributed by atoms with Crippen LogP contribution in [0.5, 0.6) is 0 Å². The lowest BCUT2D eigenvalue weighted by molar-refractivity contribution is -0.135. The fourth-order valence-electron chi connectivity index (χ4n) is 2.93. The minimum Gasteiger partial charge on any atom is -0.466 e. The fraction of sp³-hybridized carbons (Fsp3) is 0.474. The summed E-state index contributed by atoms with van der Waals surface area (Å²) in [7, 11) is 4.74. The van der Waals surface area contributed by atoms with Crippen molar-refractivity contribution in [1.29, 1.82) is 0 Å². The predicted molar refractivity (Wildman–Crippen MR) is 94.0 cm³/mol. The molecule has 0 saturated carbocycles. The van der Waals surface area contributed by atoms with Crippen LogP contribution in [0.15, 0.2) is 24.3 Å². The van der Waals surface area contributed by atoms with E-state index in [9.17, 15) is 9.59 Å². The molecule has 0 aliphatic carbocycles. The normalized spacial score (nSPS) is 14.1. The molecule has 24 heavy (non-hydrogen) atoms. The Bertz CT molecular complexity index is 612. The van der Waals surface area contributed by atoms with E-state index in [-0.39, 0.29) is 23.8 Å². The summed E-state index contributed by atoms with van der Waals surface area (Å²) in [5.41, 5.74) is 4.61. The molecule has 0 N–H and O–H groups in total. The van der Waals surface area contributed by atoms with Gasteiger partial charge < -0.3 is 14.0 Å². The highest BCUT2D eigenvalue weighted by atomic mass is 16.5. The van der Waals surface area contributed by atoms with Crippen LogP contribution in [0.2, 0.25) is 0 Å². The highest BCUT2D eigenvalue weighted by Gasteiger charge is 2.22. The summed E-state index contributed by atoms with van der Waals surface area (Å²) in [5.74, 6) is -0.638. The van der Waals surface area contributed by atoms with E-state index < -0.39 is 0 Å². The van der Waals surface area contributed by atoms with E-state index in [1.165, 1.54) is 26.4 Å². The second kappa shape index (κ2) is 8.52. The van der Waals surface area contributed by atoms with Crippen molar-refractivity contribution in [2.24, 2.45) is 7.05 Å². The molecule has 1 aromatic rings. The van der Waals surface area contributed by atoms with Crippen LogP contribution in [0, 0.1) is 13.8 Å². The third-order valence-electron chi connectivity index (χ3n) is 4.43. The van der Waals surface area contributed by atoms with Crippen molar-refractivity contribution in [1.82, 2.24) is 4.57 Å². The summed E-state index contributed by atoms with van der Waals surface area (Å²) in [6.45, 7) is 8.21. The minimum atomic E-state index is -0.368. The van der Waals surface area contributed by atoms with Gasteiger partial charge in [-0.05, 0) is 25.0 Å². The first-order valence-electron chi connectivity index (χ1n) is 7.92. The van der Waals surface area contributed by atoms with Gasteiger partial charge in [0.2, 0.25) is 0 Å². The van der Waals surface area contributed by atoms with Gasteiger partial charge in [0.1, 0.15) is 0 Å². The van der Waals surface area contributed by atoms with Crippen LogP contribution in [-0.2, 0) is 26.1 Å². The van der Waals surface area contributed by atoms with Crippen LogP contribution in [0.1, 0.15) is 48.2 Å². The standard InChI is InChI=1S/C19H27NO4/c1-12(8-10-16(21)23-6)18-14(3)20(5)15(4)19(18)13(2)9-11-17(22)24-7/h8-13H,1-7H3/b10-8-,11-9-. The van der Waals surface area contributed by atoms with Gasteiger partial charge in [0.25, 0.3) is 0 Å². The molecule has 0 saturated heterocycles. The van der Waals surface area contributed by atoms with Gasteiger partial charge in [-0.25, -0.2) is 9.59 Å². The molecule has 0 bridgehead atoms. The summed E-state index contributed by atoms with van der Waals surface area (Å²) in [5, 5.41) is 0. The molecule has 0 radical (unpaired) electrons. The number of allylic oxidation sites excluding steroid dienone is 2. The zero-order chi connectivity index (χ0) is 18.4. The second-order valence-electron chi connectivity index (χ2n) is 5.90. The number of methoxy groups -OCH3 is 2. The van der Waals surface area contributed by atoms with Gasteiger partial charge in [-0.2, -0.15) is 0 Å². The second-order valence-corrected chi connectivity index (χ2v) is 5.90. The topological polar surface area (TPSA) is 57.5 Å². The maximum Gasteiger partial charge on any atom is 0.330 e. The molecule has 2 unspecified atom stereocenters. The van der Waals surface area contributed by atoms with Gasteiger partial charge in [-0.3, -0.25) is 0 Å². The number of ether oxygens (including phenoxy) is 2. The highest BCUT2D eigenvalue weighted by molar-refractivity contribution is 5.82. The number of rotatable bonds is 6. The summed E-state index contributed by atoms with van der Waals surface area (Å²) >= 11 is 0. The maximum atomic E-state index is 11.4. The summed E-state index contributed by atoms with van der Waals surface area (Å²) in [6, 6.07) is 0. The van der Waals surface area contributed by atoms with Crippen LogP contribution in [-0.4, -0.2) is 30.7 Å². The molecule has 0 spiro atoms. The van der Waals surface area contributed by atoms with E-state index in [1.54, 1.807) is 0 Å². The third-order valence-corrected chi connectivity index (χ3v) is 4.43. The zero-order valence-electron chi connectivity index (χ0n) is 15.5. The number of carbonyl (C=O) groups is 2. The van der Waals surface area contributed by atoms with E-state index >= 15 is 0 Å². The molecule has 0 aliphatic heterocycles. The molecule has 5 heteroatoms. The number of hydrogen-bond acceptors (Lipinski definition) is 4. The van der Waals surface area contributed by atoms with Gasteiger partial charge in [-0.1, -0.05) is 26.0 Å². The molecule has 5 nitrogen and oxygen atoms in total. The smallest absolute Gasteiger partial charge is 0.330 e. The average Bonchev–Trinajstić information content (AvgIpc) is 2.80. The molecule has 0 fully saturated rings. The molecule has 1 heterocycles. The molecular weight excluding hydrogens is 306 g/mol. The predicted octanol–water partition coefficient (Wildman–Crippen LogP) is 3.31. The van der Waals surface area contributed by atoms with Gasteiger partial charge in [0.05, 0.1) is 14.2 Å². The number of carbonyl (C=O) groups excluding carboxylic acids is 2. The molecular formula is C19H27NO4. The molecule has 132 valence electrons. The first-order chi connectivity index (χ1) is 11.2. The Morgan fingerprint density at radius 1 is 0.875 bits per heavy atom. The van der Waals surface area contributed by atoms with E-state index in [2.05, 4.69) is 27.9 Å². The Balaban J connectivity index is 3.28. The molecule has 1 aromatic heterocycles. The van der Waals surface area contributed by atoms with Crippen molar-refractivity contribution in [3.63, 3.8) is 0 Å². The van der Waals surface area contributed by atoms with Crippen molar-refractivity contribution in [3.8, 4) is 0 Å². The zero-order valence-corrected chi connectivity index (χ0v) is 15.5. The summed E-state index contributed by atoms with van der Waals surface area (Å²) in [4.78, 5) is 22.7. The van der Waals surface area contributed by atoms with E-state index in [0.717, 1.165) is 22.5 Å². The van der Waals surface area contributed by atoms with Gasteiger partial charge in [-0.15, -0.1) is 0 Å². The van der Waals surface area contributed by atoms with Crippen LogP contribution in [0.4, 0.5) is 0 Å². The number of nitrogens with zero attached hydrogens (tertiary/aromatic N) is 1. The van der Waals surface area contributed by atoms with Crippen molar-refractivity contribution in [3.05, 3.63) is 46.8 Å². The quantitative estimate of drug-likeness (QED) is 0.592. The largest absolute Gasteiger partial charge is 0.466 e. The Morgan fingerprint density at radius 2 is 1.21 bits per heavy atom. The van der Waals surface area contributed by atoms with Gasteiger partial charge >= 0.3 is 11.9 Å². The lowest BCUT2D eigenvalue weighted by atomic mass is 9.89. The Kier molecular flexibility index (Phi) is 7.01. The van der Waals surface area contributed by atoms with Crippen LogP contribution in [0.25, 0.3) is 0 Å². The van der Waals surface area contributed by atoms with E-state index in [0.29, 0.717) is 0 Å². The third kappa shape index (κ3) is 4.37. The molecule has 0 amide bonds. The first-order valence-corrected chi connectivity index (χ1v) is 7.92. The average molecular weight is 333 g/mol. The first kappa shape index (κ1) is 19.7. The Morgan fingerprint density at radius 3 is 1.50 bits per heavy atom. The number of esters is 2. The van der Waals surface area contributed by atoms with Gasteiger partial charge in [0.15, 0.2) is 0 Å².